The van der Waals surface area contributed by atoms with Gasteiger partial charge in [0.25, 0.3) is 0 Å². The van der Waals surface area contributed by atoms with Gasteiger partial charge in [-0.3, -0.25) is 4.79 Å². The SMILES string of the molecule is Cl.NCc1ccc(CNC(=O)CC2CCCc3ccccc32)c(F)c1. The fraction of sp³-hybridized carbons (Fsp3) is 0.350. The fourth-order valence-electron chi connectivity index (χ4n) is 3.42. The van der Waals surface area contributed by atoms with Crippen molar-refractivity contribution in [3.05, 3.63) is 70.5 Å². The number of hydrogen-bond acceptors (Lipinski definition) is 2. The van der Waals surface area contributed by atoms with E-state index in [-0.39, 0.29) is 36.6 Å². The maximum atomic E-state index is 13.9. The molecule has 5 heteroatoms. The topological polar surface area (TPSA) is 55.1 Å². The molecule has 0 heterocycles. The van der Waals surface area contributed by atoms with E-state index in [0.717, 1.165) is 24.8 Å². The van der Waals surface area contributed by atoms with Crippen LogP contribution in [0.2, 0.25) is 0 Å². The summed E-state index contributed by atoms with van der Waals surface area (Å²) in [4.78, 5) is 12.3. The molecule has 1 atom stereocenters. The summed E-state index contributed by atoms with van der Waals surface area (Å²) in [6, 6.07) is 13.3. The maximum absolute atomic E-state index is 13.9. The van der Waals surface area contributed by atoms with Crippen molar-refractivity contribution in [3.63, 3.8) is 0 Å². The lowest BCUT2D eigenvalue weighted by Crippen LogP contribution is -2.26. The number of rotatable bonds is 5. The molecule has 2 aromatic rings. The van der Waals surface area contributed by atoms with Crippen LogP contribution in [0.15, 0.2) is 42.5 Å². The summed E-state index contributed by atoms with van der Waals surface area (Å²) in [7, 11) is 0. The number of benzene rings is 2. The van der Waals surface area contributed by atoms with E-state index >= 15 is 0 Å². The van der Waals surface area contributed by atoms with Gasteiger partial charge in [0.2, 0.25) is 5.91 Å². The van der Waals surface area contributed by atoms with Gasteiger partial charge in [0.1, 0.15) is 5.82 Å². The molecule has 0 bridgehead atoms. The Labute approximate surface area is 154 Å². The lowest BCUT2D eigenvalue weighted by molar-refractivity contribution is -0.121. The number of carbonyl (C=O) groups excluding carboxylic acids is 1. The Kier molecular flexibility index (Phi) is 6.97. The zero-order valence-electron chi connectivity index (χ0n) is 14.1. The van der Waals surface area contributed by atoms with E-state index in [1.807, 2.05) is 6.07 Å². The van der Waals surface area contributed by atoms with Crippen LogP contribution in [-0.4, -0.2) is 5.91 Å². The number of aryl methyl sites for hydroxylation is 1. The Morgan fingerprint density at radius 2 is 2.04 bits per heavy atom. The van der Waals surface area contributed by atoms with Gasteiger partial charge in [0, 0.05) is 25.1 Å². The highest BCUT2D eigenvalue weighted by atomic mass is 35.5. The molecular weight excluding hydrogens is 339 g/mol. The molecule has 134 valence electrons. The Hall–Kier alpha value is -1.91. The lowest BCUT2D eigenvalue weighted by Gasteiger charge is -2.25. The first-order chi connectivity index (χ1) is 11.7. The van der Waals surface area contributed by atoms with E-state index in [1.54, 1.807) is 12.1 Å². The molecule has 1 unspecified atom stereocenters. The molecule has 0 aliphatic heterocycles. The molecule has 1 amide bonds. The van der Waals surface area contributed by atoms with Gasteiger partial charge in [-0.05, 0) is 47.9 Å². The molecule has 0 spiro atoms. The van der Waals surface area contributed by atoms with Gasteiger partial charge < -0.3 is 11.1 Å². The predicted octanol–water partition coefficient (Wildman–Crippen LogP) is 3.83. The van der Waals surface area contributed by atoms with Crippen molar-refractivity contribution in [1.29, 1.82) is 0 Å². The third kappa shape index (κ3) is 4.80. The second-order valence-corrected chi connectivity index (χ2v) is 6.40. The molecule has 0 radical (unpaired) electrons. The van der Waals surface area contributed by atoms with Crippen molar-refractivity contribution in [1.82, 2.24) is 5.32 Å². The molecule has 0 aromatic heterocycles. The highest BCUT2D eigenvalue weighted by Gasteiger charge is 2.22. The number of nitrogens with two attached hydrogens (primary N) is 1. The summed E-state index contributed by atoms with van der Waals surface area (Å²) in [5, 5.41) is 2.85. The molecule has 0 fully saturated rings. The van der Waals surface area contributed by atoms with E-state index < -0.39 is 0 Å². The van der Waals surface area contributed by atoms with Crippen molar-refractivity contribution in [3.8, 4) is 0 Å². The van der Waals surface area contributed by atoms with Crippen LogP contribution in [0.1, 0.15) is 47.4 Å². The van der Waals surface area contributed by atoms with Crippen LogP contribution in [0.3, 0.4) is 0 Å². The average Bonchev–Trinajstić information content (AvgIpc) is 2.61. The average molecular weight is 363 g/mol. The smallest absolute Gasteiger partial charge is 0.220 e. The molecule has 2 aromatic carbocycles. The molecule has 0 saturated heterocycles. The summed E-state index contributed by atoms with van der Waals surface area (Å²) in [5.41, 5.74) is 9.38. The number of halogens is 2. The molecular formula is C20H24ClFN2O. The first kappa shape index (κ1) is 19.4. The van der Waals surface area contributed by atoms with Crippen LogP contribution in [-0.2, 0) is 24.3 Å². The first-order valence-electron chi connectivity index (χ1n) is 8.49. The zero-order valence-corrected chi connectivity index (χ0v) is 14.9. The Morgan fingerprint density at radius 1 is 1.24 bits per heavy atom. The fourth-order valence-corrected chi connectivity index (χ4v) is 3.42. The largest absolute Gasteiger partial charge is 0.352 e. The van der Waals surface area contributed by atoms with Gasteiger partial charge in [-0.25, -0.2) is 4.39 Å². The number of nitrogens with one attached hydrogen (secondary N) is 1. The summed E-state index contributed by atoms with van der Waals surface area (Å²) in [6.07, 6.45) is 3.70. The molecule has 3 N–H and O–H groups in total. The van der Waals surface area contributed by atoms with E-state index in [2.05, 4.69) is 23.5 Å². The molecule has 0 saturated carbocycles. The van der Waals surface area contributed by atoms with Gasteiger partial charge in [0.15, 0.2) is 0 Å². The number of amides is 1. The molecule has 25 heavy (non-hydrogen) atoms. The third-order valence-electron chi connectivity index (χ3n) is 4.75. The molecule has 3 nitrogen and oxygen atoms in total. The summed E-state index contributed by atoms with van der Waals surface area (Å²) >= 11 is 0. The van der Waals surface area contributed by atoms with Gasteiger partial charge in [0.05, 0.1) is 0 Å². The minimum Gasteiger partial charge on any atom is -0.352 e. The normalized spacial score (nSPS) is 15.8. The van der Waals surface area contributed by atoms with Crippen LogP contribution in [0, 0.1) is 5.82 Å². The molecule has 1 aliphatic rings. The monoisotopic (exact) mass is 362 g/mol. The van der Waals surface area contributed by atoms with Crippen LogP contribution in [0.5, 0.6) is 0 Å². The van der Waals surface area contributed by atoms with Gasteiger partial charge >= 0.3 is 0 Å². The van der Waals surface area contributed by atoms with Crippen molar-refractivity contribution >= 4 is 18.3 Å². The highest BCUT2D eigenvalue weighted by Crippen LogP contribution is 2.33. The predicted molar refractivity (Wildman–Crippen MR) is 100 cm³/mol. The van der Waals surface area contributed by atoms with Crippen molar-refractivity contribution in [2.75, 3.05) is 0 Å². The van der Waals surface area contributed by atoms with E-state index in [1.165, 1.54) is 17.2 Å². The summed E-state index contributed by atoms with van der Waals surface area (Å²) in [6.45, 7) is 0.522. The van der Waals surface area contributed by atoms with E-state index in [0.29, 0.717) is 18.5 Å². The summed E-state index contributed by atoms with van der Waals surface area (Å²) in [5.74, 6) is -0.0836. The van der Waals surface area contributed by atoms with Crippen molar-refractivity contribution < 1.29 is 9.18 Å². The highest BCUT2D eigenvalue weighted by molar-refractivity contribution is 5.85. The van der Waals surface area contributed by atoms with Gasteiger partial charge in [-0.1, -0.05) is 36.4 Å². The zero-order chi connectivity index (χ0) is 16.9. The van der Waals surface area contributed by atoms with Crippen LogP contribution >= 0.6 is 12.4 Å². The van der Waals surface area contributed by atoms with E-state index in [4.69, 9.17) is 5.73 Å². The van der Waals surface area contributed by atoms with Crippen molar-refractivity contribution in [2.24, 2.45) is 5.73 Å². The second-order valence-electron chi connectivity index (χ2n) is 6.40. The Balaban J connectivity index is 0.00000225. The third-order valence-corrected chi connectivity index (χ3v) is 4.75. The summed E-state index contributed by atoms with van der Waals surface area (Å²) < 4.78 is 13.9. The second kappa shape index (κ2) is 8.97. The van der Waals surface area contributed by atoms with Gasteiger partial charge in [-0.2, -0.15) is 0 Å². The van der Waals surface area contributed by atoms with Crippen LogP contribution in [0.25, 0.3) is 0 Å². The quantitative estimate of drug-likeness (QED) is 0.849. The molecule has 3 rings (SSSR count). The lowest BCUT2D eigenvalue weighted by atomic mass is 9.81. The maximum Gasteiger partial charge on any atom is 0.220 e. The van der Waals surface area contributed by atoms with E-state index in [9.17, 15) is 9.18 Å². The number of fused-ring (bicyclic) bond motifs is 1. The van der Waals surface area contributed by atoms with Crippen molar-refractivity contribution in [2.45, 2.75) is 44.7 Å². The Morgan fingerprint density at radius 3 is 2.80 bits per heavy atom. The number of hydrogen-bond donors (Lipinski definition) is 2. The standard InChI is InChI=1S/C20H23FN2O.ClH/c21-19-10-14(12-22)8-9-17(19)13-23-20(24)11-16-6-3-5-15-4-1-2-7-18(15)16;/h1-2,4,7-10,16H,3,5-6,11-13,22H2,(H,23,24);1H. The van der Waals surface area contributed by atoms with Crippen LogP contribution < -0.4 is 11.1 Å². The molecule has 1 aliphatic carbocycles. The first-order valence-corrected chi connectivity index (χ1v) is 8.49. The minimum absolute atomic E-state index is 0. The minimum atomic E-state index is -0.318. The van der Waals surface area contributed by atoms with Crippen LogP contribution in [0.4, 0.5) is 4.39 Å². The Bertz CT molecular complexity index is 735. The number of carbonyl (C=O) groups is 1. The van der Waals surface area contributed by atoms with Gasteiger partial charge in [-0.15, -0.1) is 12.4 Å².